The van der Waals surface area contributed by atoms with Crippen molar-refractivity contribution in [2.75, 3.05) is 0 Å². The quantitative estimate of drug-likeness (QED) is 0.400. The van der Waals surface area contributed by atoms with Crippen LogP contribution in [0.3, 0.4) is 0 Å². The highest BCUT2D eigenvalue weighted by Crippen LogP contribution is 2.27. The van der Waals surface area contributed by atoms with Crippen LogP contribution in [-0.2, 0) is 4.79 Å². The van der Waals surface area contributed by atoms with Crippen molar-refractivity contribution in [3.05, 3.63) is 0 Å². The van der Waals surface area contributed by atoms with Gasteiger partial charge in [-0.25, -0.2) is 0 Å². The Kier molecular flexibility index (Phi) is 4.40. The largest absolute Gasteiger partial charge is 0.327 e. The van der Waals surface area contributed by atoms with Gasteiger partial charge in [0.15, 0.2) is 0 Å². The highest BCUT2D eigenvalue weighted by Gasteiger charge is 2.29. The molecule has 1 fully saturated rings. The highest BCUT2D eigenvalue weighted by atomic mass is 127. The van der Waals surface area contributed by atoms with E-state index >= 15 is 0 Å². The third-order valence-electron chi connectivity index (χ3n) is 2.80. The second kappa shape index (κ2) is 5.11. The SMILES string of the molecule is C[C@@H]1CCC(C(=O)NNI)CC1N. The van der Waals surface area contributed by atoms with Crippen molar-refractivity contribution >= 4 is 28.8 Å². The van der Waals surface area contributed by atoms with Gasteiger partial charge in [0.1, 0.15) is 0 Å². The van der Waals surface area contributed by atoms with E-state index in [-0.39, 0.29) is 17.9 Å². The number of halogens is 1. The molecule has 0 bridgehead atoms. The summed E-state index contributed by atoms with van der Waals surface area (Å²) in [6.07, 6.45) is 2.82. The molecule has 0 heterocycles. The first-order valence-electron chi connectivity index (χ1n) is 4.56. The lowest BCUT2D eigenvalue weighted by Gasteiger charge is -2.30. The van der Waals surface area contributed by atoms with Crippen LogP contribution in [0.4, 0.5) is 0 Å². The number of nitrogens with two attached hydrogens (primary N) is 1. The molecule has 2 unspecified atom stereocenters. The maximum absolute atomic E-state index is 11.4. The first-order chi connectivity index (χ1) is 6.15. The first kappa shape index (κ1) is 11.2. The van der Waals surface area contributed by atoms with Crippen LogP contribution in [0.1, 0.15) is 26.2 Å². The molecule has 0 aromatic heterocycles. The summed E-state index contributed by atoms with van der Waals surface area (Å²) in [5, 5.41) is 0. The molecule has 0 aromatic carbocycles. The van der Waals surface area contributed by atoms with Crippen molar-refractivity contribution in [2.24, 2.45) is 17.6 Å². The second-order valence-electron chi connectivity index (χ2n) is 3.73. The summed E-state index contributed by atoms with van der Waals surface area (Å²) in [6, 6.07) is 0.179. The number of amides is 1. The molecule has 1 saturated carbocycles. The summed E-state index contributed by atoms with van der Waals surface area (Å²) in [4.78, 5) is 11.4. The normalized spacial score (nSPS) is 34.2. The molecule has 1 amide bonds. The van der Waals surface area contributed by atoms with E-state index in [9.17, 15) is 4.79 Å². The average molecular weight is 297 g/mol. The lowest BCUT2D eigenvalue weighted by molar-refractivity contribution is -0.126. The minimum Gasteiger partial charge on any atom is -0.327 e. The Morgan fingerprint density at radius 3 is 2.77 bits per heavy atom. The molecule has 1 rings (SSSR count). The summed E-state index contributed by atoms with van der Waals surface area (Å²) >= 11 is 1.89. The van der Waals surface area contributed by atoms with Gasteiger partial charge in [-0.3, -0.25) is 10.2 Å². The minimum absolute atomic E-state index is 0.0664. The van der Waals surface area contributed by atoms with E-state index in [0.29, 0.717) is 5.92 Å². The van der Waals surface area contributed by atoms with Gasteiger partial charge in [0, 0.05) is 34.8 Å². The molecule has 4 nitrogen and oxygen atoms in total. The van der Waals surface area contributed by atoms with Crippen molar-refractivity contribution in [1.29, 1.82) is 0 Å². The average Bonchev–Trinajstić information content (AvgIpc) is 2.10. The van der Waals surface area contributed by atoms with Gasteiger partial charge in [-0.05, 0) is 25.2 Å². The van der Waals surface area contributed by atoms with Crippen molar-refractivity contribution < 1.29 is 4.79 Å². The third-order valence-corrected chi connectivity index (χ3v) is 3.07. The molecule has 0 aliphatic heterocycles. The van der Waals surface area contributed by atoms with E-state index in [4.69, 9.17) is 5.73 Å². The fourth-order valence-electron chi connectivity index (χ4n) is 1.74. The molecule has 0 saturated heterocycles. The van der Waals surface area contributed by atoms with Gasteiger partial charge in [0.2, 0.25) is 5.91 Å². The fraction of sp³-hybridized carbons (Fsp3) is 0.875. The zero-order chi connectivity index (χ0) is 9.84. The fourth-order valence-corrected chi connectivity index (χ4v) is 2.01. The number of carbonyl (C=O) groups is 1. The van der Waals surface area contributed by atoms with Gasteiger partial charge in [-0.15, -0.1) is 0 Å². The number of hydrazine groups is 1. The Morgan fingerprint density at radius 2 is 2.23 bits per heavy atom. The predicted octanol–water partition coefficient (Wildman–Crippen LogP) is 0.721. The van der Waals surface area contributed by atoms with Gasteiger partial charge in [0.25, 0.3) is 0 Å². The summed E-state index contributed by atoms with van der Waals surface area (Å²) in [6.45, 7) is 2.15. The first-order valence-corrected chi connectivity index (χ1v) is 5.64. The topological polar surface area (TPSA) is 67.2 Å². The summed E-state index contributed by atoms with van der Waals surface area (Å²) in [5.74, 6) is 0.710. The molecule has 0 spiro atoms. The van der Waals surface area contributed by atoms with Crippen LogP contribution in [0.5, 0.6) is 0 Å². The molecule has 5 heteroatoms. The smallest absolute Gasteiger partial charge is 0.237 e. The van der Waals surface area contributed by atoms with Crippen molar-refractivity contribution in [2.45, 2.75) is 32.2 Å². The number of carbonyl (C=O) groups excluding carboxylic acids is 1. The molecule has 4 N–H and O–H groups in total. The molecule has 1 aliphatic rings. The lowest BCUT2D eigenvalue weighted by Crippen LogP contribution is -2.43. The Balaban J connectivity index is 2.40. The molecular formula is C8H16IN3O. The van der Waals surface area contributed by atoms with Crippen LogP contribution in [0.15, 0.2) is 0 Å². The monoisotopic (exact) mass is 297 g/mol. The Bertz CT molecular complexity index is 188. The van der Waals surface area contributed by atoms with E-state index in [2.05, 4.69) is 16.0 Å². The summed E-state index contributed by atoms with van der Waals surface area (Å²) in [7, 11) is 0. The van der Waals surface area contributed by atoms with E-state index in [1.54, 1.807) is 0 Å². The zero-order valence-electron chi connectivity index (χ0n) is 7.72. The van der Waals surface area contributed by atoms with Crippen molar-refractivity contribution in [3.8, 4) is 0 Å². The predicted molar refractivity (Wildman–Crippen MR) is 59.8 cm³/mol. The lowest BCUT2D eigenvalue weighted by atomic mass is 9.79. The van der Waals surface area contributed by atoms with Crippen LogP contribution in [0.25, 0.3) is 0 Å². The van der Waals surface area contributed by atoms with E-state index in [0.717, 1.165) is 19.3 Å². The van der Waals surface area contributed by atoms with Gasteiger partial charge in [0.05, 0.1) is 0 Å². The molecule has 0 radical (unpaired) electrons. The summed E-state index contributed by atoms with van der Waals surface area (Å²) in [5.41, 5.74) is 8.49. The molecular weight excluding hydrogens is 281 g/mol. The van der Waals surface area contributed by atoms with E-state index < -0.39 is 0 Å². The maximum atomic E-state index is 11.4. The van der Waals surface area contributed by atoms with Crippen molar-refractivity contribution in [1.82, 2.24) is 9.06 Å². The standard InChI is InChI=1S/C8H16IN3O/c1-5-2-3-6(4-7(5)10)8(13)11-12-9/h5-7,12H,2-4,10H2,1H3,(H,11,13)/t5-,6?,7?/m1/s1. The van der Waals surface area contributed by atoms with Crippen LogP contribution >= 0.6 is 22.9 Å². The molecule has 13 heavy (non-hydrogen) atoms. The zero-order valence-corrected chi connectivity index (χ0v) is 9.87. The Labute approximate surface area is 92.5 Å². The molecule has 3 atom stereocenters. The molecule has 0 aromatic rings. The number of rotatable bonds is 2. The molecule has 76 valence electrons. The Hall–Kier alpha value is 0.120. The van der Waals surface area contributed by atoms with E-state index in [1.807, 2.05) is 22.9 Å². The van der Waals surface area contributed by atoms with Crippen LogP contribution in [0.2, 0.25) is 0 Å². The van der Waals surface area contributed by atoms with Gasteiger partial charge in [-0.1, -0.05) is 6.92 Å². The van der Waals surface area contributed by atoms with Gasteiger partial charge in [-0.2, -0.15) is 3.64 Å². The van der Waals surface area contributed by atoms with Crippen LogP contribution < -0.4 is 14.8 Å². The van der Waals surface area contributed by atoms with Crippen molar-refractivity contribution in [3.63, 3.8) is 0 Å². The number of nitrogens with one attached hydrogen (secondary N) is 2. The highest BCUT2D eigenvalue weighted by molar-refractivity contribution is 14.1. The van der Waals surface area contributed by atoms with Crippen LogP contribution in [0, 0.1) is 11.8 Å². The number of hydrogen-bond donors (Lipinski definition) is 3. The van der Waals surface area contributed by atoms with E-state index in [1.165, 1.54) is 0 Å². The van der Waals surface area contributed by atoms with Gasteiger partial charge >= 0.3 is 0 Å². The molecule has 1 aliphatic carbocycles. The van der Waals surface area contributed by atoms with Gasteiger partial charge < -0.3 is 5.73 Å². The number of hydrogen-bond acceptors (Lipinski definition) is 3. The maximum Gasteiger partial charge on any atom is 0.237 e. The summed E-state index contributed by atoms with van der Waals surface area (Å²) < 4.78 is 2.62. The third kappa shape index (κ3) is 3.07. The minimum atomic E-state index is 0.0664. The second-order valence-corrected chi connectivity index (χ2v) is 4.27. The van der Waals surface area contributed by atoms with Crippen LogP contribution in [-0.4, -0.2) is 11.9 Å². The Morgan fingerprint density at radius 1 is 1.54 bits per heavy atom.